The summed E-state index contributed by atoms with van der Waals surface area (Å²) < 4.78 is 58.5. The van der Waals surface area contributed by atoms with Gasteiger partial charge in [-0.05, 0) is 143 Å². The van der Waals surface area contributed by atoms with Crippen molar-refractivity contribution in [1.29, 1.82) is 0 Å². The van der Waals surface area contributed by atoms with Crippen LogP contribution >= 0.6 is 43.2 Å². The molecule has 126 heavy (non-hydrogen) atoms. The number of nitrogens with zero attached hydrogens (tertiary/aromatic N) is 12. The van der Waals surface area contributed by atoms with E-state index in [1.807, 2.05) is 13.8 Å². The van der Waals surface area contributed by atoms with Gasteiger partial charge >= 0.3 is 19.2 Å². The minimum atomic E-state index is -1.48. The molecule has 4 fully saturated rings. The predicted octanol–water partition coefficient (Wildman–Crippen LogP) is 12.5. The number of carbonyl (C=O) groups excluding carboxylic acids is 6. The van der Waals surface area contributed by atoms with Gasteiger partial charge in [0.05, 0.1) is 128 Å². The maximum Gasteiger partial charge on any atom is 0.416 e. The number of nitro groups is 2. The minimum Gasteiger partial charge on any atom is -0.493 e. The summed E-state index contributed by atoms with van der Waals surface area (Å²) in [4.78, 5) is 126. The molecule has 4 saturated heterocycles. The highest BCUT2D eigenvalue weighted by Gasteiger charge is 2.50. The monoisotopic (exact) mass is 1810 g/mol. The Morgan fingerprint density at radius 2 is 0.841 bits per heavy atom. The van der Waals surface area contributed by atoms with Crippen LogP contribution < -0.4 is 52.5 Å². The lowest BCUT2D eigenvalue weighted by atomic mass is 9.82. The molecule has 36 nitrogen and oxygen atoms in total. The molecule has 6 amide bonds. The molecule has 41 heteroatoms. The number of aromatic nitrogens is 2. The predicted molar refractivity (Wildman–Crippen MR) is 474 cm³/mol. The molecular formula is C85H97BN12O24S4. The summed E-state index contributed by atoms with van der Waals surface area (Å²) in [6, 6.07) is 16.1. The van der Waals surface area contributed by atoms with Crippen LogP contribution in [0.25, 0.3) is 0 Å². The van der Waals surface area contributed by atoms with Crippen molar-refractivity contribution in [3.63, 3.8) is 0 Å². The Labute approximate surface area is 742 Å². The number of benzene rings is 4. The molecule has 0 radical (unpaired) electrons. The van der Waals surface area contributed by atoms with Crippen LogP contribution in [0.1, 0.15) is 119 Å². The number of aliphatic hydroxyl groups excluding tert-OH is 3. The van der Waals surface area contributed by atoms with E-state index in [1.165, 1.54) is 154 Å². The molecule has 2 aromatic heterocycles. The molecular weight excluding hydrogens is 1710 g/mol. The topological polar surface area (TPSA) is 423 Å². The minimum absolute atomic E-state index is 0.0525. The van der Waals surface area contributed by atoms with Crippen molar-refractivity contribution in [2.75, 3.05) is 109 Å². The molecule has 0 spiro atoms. The number of rotatable bonds is 33. The largest absolute Gasteiger partial charge is 0.493 e. The summed E-state index contributed by atoms with van der Waals surface area (Å²) in [6.07, 6.45) is 3.78. The van der Waals surface area contributed by atoms with Gasteiger partial charge in [-0.25, -0.2) is 29.4 Å². The van der Waals surface area contributed by atoms with Crippen LogP contribution in [0, 0.1) is 20.2 Å². The van der Waals surface area contributed by atoms with Crippen LogP contribution in [0.4, 0.5) is 43.7 Å². The first-order chi connectivity index (χ1) is 60.5. The van der Waals surface area contributed by atoms with Gasteiger partial charge in [0.15, 0.2) is 58.5 Å². The Morgan fingerprint density at radius 1 is 0.492 bits per heavy atom. The summed E-state index contributed by atoms with van der Waals surface area (Å²) in [5.74, 6) is 1.38. The van der Waals surface area contributed by atoms with Crippen molar-refractivity contribution in [3.8, 4) is 46.0 Å². The highest BCUT2D eigenvalue weighted by molar-refractivity contribution is 8.77. The lowest BCUT2D eigenvalue weighted by Gasteiger charge is -2.34. The van der Waals surface area contributed by atoms with Gasteiger partial charge in [-0.3, -0.25) is 44.4 Å². The van der Waals surface area contributed by atoms with E-state index in [-0.39, 0.29) is 143 Å². The van der Waals surface area contributed by atoms with Crippen LogP contribution in [0.5, 0.6) is 46.0 Å². The standard InChI is InChI=1S/C43H51BN6O13S2.C42H46N6O11S2/c1-24-14-32-41(53)48(43(55)63-23-26(3)64-65-38-11-10-27(20-45-38)50(57)58)30-18-36(34(59-5)16-28(30)39(51)46(32)21-24)61-12-8-7-9-13-62-37-19-31-29(17-35(37)60-6)40(52)47-22-25(2)15-33(47)42(54)49(31)44(4)56;1-24-13-28-20-43-31-17-36(34(55-4)15-29(31)39(49)45(28)21-24)57-11-7-6-8-12-58-37-18-32-30(16-35(37)56-5)40(50)46-22-25(2)14-33(46)41(51)47(32)42(52)59-23-26(3)60-61-38-10-9-27(19-44-38)48(53)54/h10-11,16-20,26,32-33,41-42,53-54,56H,1-2,7-9,12-15,21-23H2,3-6H3;9-10,15-20,26,28,33,41,51H,1-2,6-8,11-14,21-23H2,3-5H3/t26-,32+,33+,41+,42+;26-,28+,33+,41+/m11/s1. The molecule has 668 valence electrons. The summed E-state index contributed by atoms with van der Waals surface area (Å²) in [6.45, 7) is 23.5. The second-order valence-electron chi connectivity index (χ2n) is 31.1. The van der Waals surface area contributed by atoms with Gasteiger partial charge in [-0.1, -0.05) is 70.2 Å². The third-order valence-corrected chi connectivity index (χ3v) is 27.6. The molecule has 4 N–H and O–H groups in total. The fraction of sp³-hybridized carbons (Fsp3) is 0.424. The fourth-order valence-corrected chi connectivity index (χ4v) is 19.5. The Bertz CT molecular complexity index is 5230. The molecule has 9 atom stereocenters. The van der Waals surface area contributed by atoms with E-state index in [9.17, 15) is 69.3 Å². The summed E-state index contributed by atoms with van der Waals surface area (Å²) in [7, 11) is 10.0. The lowest BCUT2D eigenvalue weighted by molar-refractivity contribution is -0.385. The van der Waals surface area contributed by atoms with Crippen molar-refractivity contribution < 1.29 is 106 Å². The lowest BCUT2D eigenvalue weighted by Crippen LogP contribution is -2.53. The zero-order valence-corrected chi connectivity index (χ0v) is 73.6. The van der Waals surface area contributed by atoms with Gasteiger partial charge in [0.2, 0.25) is 0 Å². The van der Waals surface area contributed by atoms with Crippen molar-refractivity contribution in [2.24, 2.45) is 4.99 Å². The van der Waals surface area contributed by atoms with Crippen LogP contribution in [-0.2, 0) is 9.47 Å². The molecule has 0 unspecified atom stereocenters. The van der Waals surface area contributed by atoms with Gasteiger partial charge in [0.25, 0.3) is 35.0 Å². The number of anilines is 3. The number of aliphatic imine (C=N–C) groups is 1. The highest BCUT2D eigenvalue weighted by atomic mass is 33.1. The number of carbonyl (C=O) groups is 6. The van der Waals surface area contributed by atoms with Gasteiger partial charge in [-0.2, -0.15) is 0 Å². The molecule has 4 aromatic carbocycles. The number of hydrogen-bond acceptors (Lipinski definition) is 32. The second kappa shape index (κ2) is 40.9. The van der Waals surface area contributed by atoms with Crippen LogP contribution in [0.15, 0.2) is 149 Å². The van der Waals surface area contributed by atoms with Crippen LogP contribution in [0.2, 0.25) is 6.82 Å². The second-order valence-corrected chi connectivity index (χ2v) is 36.4. The number of pyridine rings is 2. The van der Waals surface area contributed by atoms with Crippen molar-refractivity contribution in [3.05, 3.63) is 176 Å². The number of ether oxygens (including phenoxy) is 10. The first-order valence-electron chi connectivity index (χ1n) is 40.6. The third kappa shape index (κ3) is 20.5. The van der Waals surface area contributed by atoms with Gasteiger partial charge in [0.1, 0.15) is 41.9 Å². The molecule has 8 aliphatic rings. The highest BCUT2D eigenvalue weighted by Crippen LogP contribution is 2.48. The Hall–Kier alpha value is -11.5. The van der Waals surface area contributed by atoms with E-state index >= 15 is 0 Å². The summed E-state index contributed by atoms with van der Waals surface area (Å²) in [5.41, 5.74) is 5.03. The Balaban J connectivity index is 0.000000216. The average Bonchev–Trinajstić information content (AvgIpc) is 1.61. The fourth-order valence-electron chi connectivity index (χ4n) is 15.8. The molecule has 10 heterocycles. The zero-order chi connectivity index (χ0) is 90.1. The molecule has 8 aliphatic heterocycles. The van der Waals surface area contributed by atoms with Crippen molar-refractivity contribution >= 4 is 126 Å². The van der Waals surface area contributed by atoms with E-state index in [0.717, 1.165) is 38.5 Å². The average molecular weight is 1810 g/mol. The number of aliphatic hydroxyl groups is 3. The van der Waals surface area contributed by atoms with Crippen molar-refractivity contribution in [1.82, 2.24) is 29.6 Å². The van der Waals surface area contributed by atoms with E-state index < -0.39 is 77.7 Å². The van der Waals surface area contributed by atoms with Crippen LogP contribution in [-0.4, -0.2) is 256 Å². The number of methoxy groups -OCH3 is 4. The normalized spacial score (nSPS) is 20.2. The van der Waals surface area contributed by atoms with E-state index in [4.69, 9.17) is 47.4 Å². The smallest absolute Gasteiger partial charge is 0.416 e. The summed E-state index contributed by atoms with van der Waals surface area (Å²) >= 11 is 0. The van der Waals surface area contributed by atoms with E-state index in [0.29, 0.717) is 121 Å². The maximum absolute atomic E-state index is 14.0. The maximum atomic E-state index is 14.0. The van der Waals surface area contributed by atoms with Gasteiger partial charge < -0.3 is 92.1 Å². The number of fused-ring (bicyclic) bond motifs is 8. The number of amides is 6. The molecule has 0 aliphatic carbocycles. The Kier molecular flexibility index (Phi) is 29.9. The number of hydrogen-bond donors (Lipinski definition) is 4. The molecule has 0 bridgehead atoms. The first kappa shape index (κ1) is 92.2. The van der Waals surface area contributed by atoms with Gasteiger partial charge in [0, 0.05) is 85.0 Å². The quantitative estimate of drug-likeness (QED) is 0.00742. The van der Waals surface area contributed by atoms with Crippen molar-refractivity contribution in [2.45, 2.75) is 148 Å². The Morgan fingerprint density at radius 3 is 1.21 bits per heavy atom. The van der Waals surface area contributed by atoms with E-state index in [2.05, 4.69) is 41.3 Å². The number of unbranched alkanes of at least 4 members (excludes halogenated alkanes) is 4. The van der Waals surface area contributed by atoms with E-state index in [1.54, 1.807) is 40.3 Å². The molecule has 6 aromatic rings. The third-order valence-electron chi connectivity index (χ3n) is 22.0. The van der Waals surface area contributed by atoms with Gasteiger partial charge in [-0.15, -0.1) is 0 Å². The first-order valence-corrected chi connectivity index (χ1v) is 45.0. The molecule has 0 saturated carbocycles. The van der Waals surface area contributed by atoms with Crippen LogP contribution in [0.3, 0.4) is 0 Å². The summed E-state index contributed by atoms with van der Waals surface area (Å²) in [5, 5.41) is 68.1. The SMILES string of the molecule is C=C1C[C@H]2C=Nc3cc(OCCCCCOc4cc5c(cc4OC)C(=O)N4CC(=C)C[C@H]4[C@H](O)N5C(=O)OC[C@@H](C)SSc4ccc([N+](=O)[O-])cn4)c(OC)cc3C(=O)N2C1.C=C1C[C@H]2[C@H](O)N(B(C)O)c3cc(OCCCCCOc4cc5c(cc4OC)C(=O)N4CC(=C)C[C@H]4[C@H](O)N5C(=O)OC[C@@H](C)SSc4ccc([N+](=O)[O-])cn4)c(OC)cc3C(=O)N2C1. The zero-order valence-electron chi connectivity index (χ0n) is 70.4. The molecule has 14 rings (SSSR count).